The van der Waals surface area contributed by atoms with Crippen LogP contribution in [0.3, 0.4) is 0 Å². The molecule has 0 aromatic carbocycles. The summed E-state index contributed by atoms with van der Waals surface area (Å²) in [5.41, 5.74) is 2.88. The van der Waals surface area contributed by atoms with Crippen LogP contribution in [0.1, 0.15) is 39.0 Å². The van der Waals surface area contributed by atoms with E-state index in [-0.39, 0.29) is 0 Å². The smallest absolute Gasteiger partial charge is 0.341 e. The molecule has 3 nitrogen and oxygen atoms in total. The predicted octanol–water partition coefficient (Wildman–Crippen LogP) is 2.41. The Morgan fingerprint density at radius 3 is 2.44 bits per heavy atom. The minimum atomic E-state index is -0.409. The van der Waals surface area contributed by atoms with E-state index in [9.17, 15) is 9.59 Å². The van der Waals surface area contributed by atoms with E-state index in [1.807, 2.05) is 0 Å². The van der Waals surface area contributed by atoms with E-state index in [0.717, 1.165) is 32.0 Å². The lowest BCUT2D eigenvalue weighted by molar-refractivity contribution is -0.136. The Morgan fingerprint density at radius 2 is 1.94 bits per heavy atom. The van der Waals surface area contributed by atoms with E-state index in [4.69, 9.17) is 0 Å². The topological polar surface area (TPSA) is 43.4 Å². The van der Waals surface area contributed by atoms with Crippen molar-refractivity contribution >= 4 is 12.3 Å². The van der Waals surface area contributed by atoms with Gasteiger partial charge in [0.15, 0.2) is 0 Å². The standard InChI is InChI=1S/C13H18O3/c1-11(12(15)16-2)6-9-13(10-14)7-4-3-5-8-13/h9-10H,3-5,7-8H2,1-2H3. The van der Waals surface area contributed by atoms with Crippen LogP contribution in [-0.2, 0) is 14.3 Å². The maximum Gasteiger partial charge on any atom is 0.341 e. The quantitative estimate of drug-likeness (QED) is 0.319. The number of hydrogen-bond acceptors (Lipinski definition) is 3. The van der Waals surface area contributed by atoms with Gasteiger partial charge in [-0.2, -0.15) is 0 Å². The van der Waals surface area contributed by atoms with Crippen LogP contribution in [0.5, 0.6) is 0 Å². The zero-order valence-corrected chi connectivity index (χ0v) is 9.91. The largest absolute Gasteiger partial charge is 0.465 e. The van der Waals surface area contributed by atoms with Crippen LogP contribution in [-0.4, -0.2) is 19.4 Å². The molecular weight excluding hydrogens is 204 g/mol. The summed E-state index contributed by atoms with van der Waals surface area (Å²) in [5.74, 6) is -0.395. The van der Waals surface area contributed by atoms with Gasteiger partial charge < -0.3 is 9.53 Å². The molecule has 0 saturated heterocycles. The lowest BCUT2D eigenvalue weighted by atomic mass is 9.75. The fraction of sp³-hybridized carbons (Fsp3) is 0.615. The van der Waals surface area contributed by atoms with Crippen LogP contribution in [0.25, 0.3) is 0 Å². The summed E-state index contributed by atoms with van der Waals surface area (Å²) in [6.07, 6.45) is 7.76. The Morgan fingerprint density at radius 1 is 1.31 bits per heavy atom. The summed E-state index contributed by atoms with van der Waals surface area (Å²) < 4.78 is 4.57. The van der Waals surface area contributed by atoms with E-state index in [1.54, 1.807) is 13.0 Å². The van der Waals surface area contributed by atoms with Crippen molar-refractivity contribution in [2.45, 2.75) is 39.0 Å². The molecule has 1 saturated carbocycles. The van der Waals surface area contributed by atoms with Gasteiger partial charge >= 0.3 is 5.97 Å². The van der Waals surface area contributed by atoms with Gasteiger partial charge in [0.05, 0.1) is 18.1 Å². The number of hydrogen-bond donors (Lipinski definition) is 0. The SMILES string of the molecule is COC(=O)C(C)=C=CC1(C=O)CCCCC1. The summed E-state index contributed by atoms with van der Waals surface area (Å²) in [5, 5.41) is 0. The third-order valence-corrected chi connectivity index (χ3v) is 3.09. The highest BCUT2D eigenvalue weighted by atomic mass is 16.5. The van der Waals surface area contributed by atoms with Crippen LogP contribution in [0.2, 0.25) is 0 Å². The van der Waals surface area contributed by atoms with Crippen molar-refractivity contribution in [2.24, 2.45) is 5.41 Å². The molecule has 0 radical (unpaired) electrons. The zero-order chi connectivity index (χ0) is 12.0. The molecule has 0 heterocycles. The first-order valence-corrected chi connectivity index (χ1v) is 5.63. The second kappa shape index (κ2) is 5.66. The van der Waals surface area contributed by atoms with E-state index in [2.05, 4.69) is 10.5 Å². The second-order valence-corrected chi connectivity index (χ2v) is 4.32. The molecule has 0 unspecified atom stereocenters. The summed E-state index contributed by atoms with van der Waals surface area (Å²) in [6, 6.07) is 0. The van der Waals surface area contributed by atoms with Crippen LogP contribution in [0.15, 0.2) is 17.4 Å². The summed E-state index contributed by atoms with van der Waals surface area (Å²) in [6.45, 7) is 1.64. The molecule has 0 bridgehead atoms. The van der Waals surface area contributed by atoms with Crippen LogP contribution in [0.4, 0.5) is 0 Å². The molecule has 0 aliphatic heterocycles. The third-order valence-electron chi connectivity index (χ3n) is 3.09. The first-order chi connectivity index (χ1) is 7.63. The van der Waals surface area contributed by atoms with Gasteiger partial charge in [-0.3, -0.25) is 0 Å². The minimum Gasteiger partial charge on any atom is -0.465 e. The van der Waals surface area contributed by atoms with Crippen molar-refractivity contribution in [1.82, 2.24) is 0 Å². The fourth-order valence-electron chi connectivity index (χ4n) is 1.97. The number of carbonyl (C=O) groups excluding carboxylic acids is 2. The maximum absolute atomic E-state index is 11.1. The highest BCUT2D eigenvalue weighted by molar-refractivity contribution is 5.87. The van der Waals surface area contributed by atoms with Gasteiger partial charge in [0.2, 0.25) is 0 Å². The monoisotopic (exact) mass is 222 g/mol. The summed E-state index contributed by atoms with van der Waals surface area (Å²) in [4.78, 5) is 22.3. The molecule has 0 spiro atoms. The molecule has 1 fully saturated rings. The minimum absolute atomic E-state index is 0.395. The number of aldehydes is 1. The number of carbonyl (C=O) groups is 2. The molecule has 88 valence electrons. The van der Waals surface area contributed by atoms with Gasteiger partial charge in [0, 0.05) is 0 Å². The Bertz CT molecular complexity index is 329. The molecule has 0 N–H and O–H groups in total. The van der Waals surface area contributed by atoms with Gasteiger partial charge in [-0.15, -0.1) is 5.73 Å². The van der Waals surface area contributed by atoms with Crippen molar-refractivity contribution in [3.63, 3.8) is 0 Å². The maximum atomic E-state index is 11.1. The lowest BCUT2D eigenvalue weighted by Crippen LogP contribution is -2.22. The van der Waals surface area contributed by atoms with Crippen LogP contribution < -0.4 is 0 Å². The molecule has 3 heteroatoms. The molecule has 0 aromatic rings. The molecule has 0 amide bonds. The van der Waals surface area contributed by atoms with Crippen LogP contribution in [0, 0.1) is 5.41 Å². The lowest BCUT2D eigenvalue weighted by Gasteiger charge is -2.27. The van der Waals surface area contributed by atoms with Gasteiger partial charge in [-0.05, 0) is 25.8 Å². The van der Waals surface area contributed by atoms with Gasteiger partial charge in [0.25, 0.3) is 0 Å². The van der Waals surface area contributed by atoms with Gasteiger partial charge in [-0.25, -0.2) is 4.79 Å². The van der Waals surface area contributed by atoms with Crippen LogP contribution >= 0.6 is 0 Å². The molecule has 1 aliphatic rings. The molecule has 0 aromatic heterocycles. The second-order valence-electron chi connectivity index (χ2n) is 4.32. The van der Waals surface area contributed by atoms with E-state index in [1.165, 1.54) is 13.5 Å². The third kappa shape index (κ3) is 3.07. The first kappa shape index (κ1) is 12.7. The number of ether oxygens (including phenoxy) is 1. The normalized spacial score (nSPS) is 18.1. The Hall–Kier alpha value is -1.34. The van der Waals surface area contributed by atoms with E-state index in [0.29, 0.717) is 5.57 Å². The first-order valence-electron chi connectivity index (χ1n) is 5.63. The molecule has 0 atom stereocenters. The predicted molar refractivity (Wildman–Crippen MR) is 60.9 cm³/mol. The average molecular weight is 222 g/mol. The van der Waals surface area contributed by atoms with Crippen molar-refractivity contribution < 1.29 is 14.3 Å². The molecule has 16 heavy (non-hydrogen) atoms. The highest BCUT2D eigenvalue weighted by Gasteiger charge is 2.28. The number of esters is 1. The van der Waals surface area contributed by atoms with Crippen molar-refractivity contribution in [3.05, 3.63) is 17.4 Å². The van der Waals surface area contributed by atoms with Crippen molar-refractivity contribution in [2.75, 3.05) is 7.11 Å². The zero-order valence-electron chi connectivity index (χ0n) is 9.91. The molecular formula is C13H18O3. The van der Waals surface area contributed by atoms with Crippen molar-refractivity contribution in [3.8, 4) is 0 Å². The van der Waals surface area contributed by atoms with Gasteiger partial charge in [0.1, 0.15) is 6.29 Å². The average Bonchev–Trinajstić information content (AvgIpc) is 2.36. The number of rotatable bonds is 3. The molecule has 1 rings (SSSR count). The highest BCUT2D eigenvalue weighted by Crippen LogP contribution is 2.35. The molecule has 1 aliphatic carbocycles. The Labute approximate surface area is 96.2 Å². The van der Waals surface area contributed by atoms with E-state index >= 15 is 0 Å². The summed E-state index contributed by atoms with van der Waals surface area (Å²) >= 11 is 0. The summed E-state index contributed by atoms with van der Waals surface area (Å²) in [7, 11) is 1.34. The van der Waals surface area contributed by atoms with Crippen molar-refractivity contribution in [1.29, 1.82) is 0 Å². The van der Waals surface area contributed by atoms with E-state index < -0.39 is 11.4 Å². The Kier molecular flexibility index (Phi) is 4.51. The fourth-order valence-corrected chi connectivity index (χ4v) is 1.97. The van der Waals surface area contributed by atoms with Gasteiger partial charge in [-0.1, -0.05) is 19.3 Å². The Balaban J connectivity index is 2.86. The number of methoxy groups -OCH3 is 1.